The molecule has 7 nitrogen and oxygen atoms in total. The Labute approximate surface area is 164 Å². The van der Waals surface area contributed by atoms with Crippen molar-refractivity contribution in [1.29, 1.82) is 0 Å². The molecule has 3 unspecified atom stereocenters. The Balaban J connectivity index is 1.95. The van der Waals surface area contributed by atoms with Crippen molar-refractivity contribution in [3.8, 4) is 0 Å². The fourth-order valence-corrected chi connectivity index (χ4v) is 6.84. The maximum Gasteiger partial charge on any atom is 0.465 e. The number of hydrogen-bond acceptors (Lipinski definition) is 8. The van der Waals surface area contributed by atoms with Crippen molar-refractivity contribution in [1.82, 2.24) is 0 Å². The summed E-state index contributed by atoms with van der Waals surface area (Å²) >= 11 is 2.33. The van der Waals surface area contributed by atoms with Gasteiger partial charge in [0.15, 0.2) is 0 Å². The van der Waals surface area contributed by atoms with E-state index in [4.69, 9.17) is 4.55 Å². The molecule has 1 aliphatic heterocycles. The molecule has 0 bridgehead atoms. The molecule has 15 heteroatoms. The lowest BCUT2D eigenvalue weighted by Gasteiger charge is -2.30. The number of rotatable bonds is 6. The Kier molecular flexibility index (Phi) is 6.83. The summed E-state index contributed by atoms with van der Waals surface area (Å²) in [5, 5.41) is -5.57. The van der Waals surface area contributed by atoms with Crippen LogP contribution in [0.2, 0.25) is 0 Å². The smallest absolute Gasteiger partial charge is 0.464 e. The predicted octanol–water partition coefficient (Wildman–Crippen LogP) is 2.60. The van der Waals surface area contributed by atoms with Gasteiger partial charge in [0.05, 0.1) is 4.08 Å². The summed E-state index contributed by atoms with van der Waals surface area (Å²) in [7, 11) is -5.99. The van der Waals surface area contributed by atoms with Crippen LogP contribution in [0.1, 0.15) is 25.7 Å². The lowest BCUT2D eigenvalue weighted by atomic mass is 10.3. The van der Waals surface area contributed by atoms with E-state index in [0.717, 1.165) is 11.8 Å². The van der Waals surface area contributed by atoms with Gasteiger partial charge < -0.3 is 9.47 Å². The molecule has 28 heavy (non-hydrogen) atoms. The summed E-state index contributed by atoms with van der Waals surface area (Å²) in [6.07, 6.45) is -6.49. The quantitative estimate of drug-likeness (QED) is 0.353. The number of esters is 2. The van der Waals surface area contributed by atoms with E-state index < -0.39 is 55.3 Å². The maximum atomic E-state index is 13.4. The highest BCUT2D eigenvalue weighted by atomic mass is 32.2. The summed E-state index contributed by atoms with van der Waals surface area (Å²) in [5.74, 6) is -3.55. The van der Waals surface area contributed by atoms with Crippen molar-refractivity contribution >= 4 is 45.6 Å². The van der Waals surface area contributed by atoms with Crippen LogP contribution in [0.25, 0.3) is 0 Å². The van der Waals surface area contributed by atoms with Crippen LogP contribution in [0.5, 0.6) is 0 Å². The molecule has 1 N–H and O–H groups in total. The third-order valence-electron chi connectivity index (χ3n) is 3.95. The Morgan fingerprint density at radius 1 is 1.21 bits per heavy atom. The van der Waals surface area contributed by atoms with Crippen LogP contribution < -0.4 is 0 Å². The Bertz CT molecular complexity index is 727. The lowest BCUT2D eigenvalue weighted by molar-refractivity contribution is -0.171. The van der Waals surface area contributed by atoms with Crippen LogP contribution in [-0.2, 0) is 29.2 Å². The van der Waals surface area contributed by atoms with E-state index in [9.17, 15) is 40.0 Å². The van der Waals surface area contributed by atoms with Gasteiger partial charge in [0.2, 0.25) is 0 Å². The van der Waals surface area contributed by atoms with Crippen LogP contribution in [0, 0.1) is 0 Å². The SMILES string of the molecule is O=C(CC(F)(F)F)OCC1CSC2(CCCC2OC(=O)C(F)(F)S(=O)(=O)O)S1. The van der Waals surface area contributed by atoms with Gasteiger partial charge in [0.25, 0.3) is 0 Å². The van der Waals surface area contributed by atoms with E-state index in [0.29, 0.717) is 18.6 Å². The number of carbonyl (C=O) groups excluding carboxylic acids is 2. The molecule has 2 rings (SSSR count). The van der Waals surface area contributed by atoms with Crippen molar-refractivity contribution in [2.24, 2.45) is 0 Å². The second kappa shape index (κ2) is 8.14. The van der Waals surface area contributed by atoms with E-state index >= 15 is 0 Å². The van der Waals surface area contributed by atoms with Gasteiger partial charge >= 0.3 is 33.5 Å². The summed E-state index contributed by atoms with van der Waals surface area (Å²) in [6.45, 7) is -0.337. The first-order valence-electron chi connectivity index (χ1n) is 7.76. The van der Waals surface area contributed by atoms with Crippen molar-refractivity contribution in [3.05, 3.63) is 0 Å². The molecule has 1 aliphatic carbocycles. The average molecular weight is 474 g/mol. The Hall–Kier alpha value is -0.800. The number of ether oxygens (including phenoxy) is 2. The number of carbonyl (C=O) groups is 2. The zero-order valence-electron chi connectivity index (χ0n) is 13.9. The molecule has 0 radical (unpaired) electrons. The second-order valence-corrected chi connectivity index (χ2v) is 10.8. The molecule has 0 aromatic rings. The minimum atomic E-state index is -5.99. The molecule has 3 atom stereocenters. The number of hydrogen-bond donors (Lipinski definition) is 1. The van der Waals surface area contributed by atoms with E-state index in [-0.39, 0.29) is 13.0 Å². The molecular weight excluding hydrogens is 459 g/mol. The molecule has 162 valence electrons. The van der Waals surface area contributed by atoms with Crippen molar-refractivity contribution in [2.45, 2.75) is 52.5 Å². The lowest BCUT2D eigenvalue weighted by Crippen LogP contribution is -2.43. The second-order valence-electron chi connectivity index (χ2n) is 6.12. The summed E-state index contributed by atoms with van der Waals surface area (Å²) in [5.41, 5.74) is 0. The molecule has 1 saturated heterocycles. The summed E-state index contributed by atoms with van der Waals surface area (Å²) in [6, 6.07) is 0. The number of alkyl halides is 5. The monoisotopic (exact) mass is 474 g/mol. The normalized spacial score (nSPS) is 28.5. The first-order valence-corrected chi connectivity index (χ1v) is 11.1. The van der Waals surface area contributed by atoms with E-state index in [2.05, 4.69) is 9.47 Å². The number of thioether (sulfide) groups is 2. The predicted molar refractivity (Wildman–Crippen MR) is 88.4 cm³/mol. The fraction of sp³-hybridized carbons (Fsp3) is 0.846. The van der Waals surface area contributed by atoms with E-state index in [1.807, 2.05) is 0 Å². The highest BCUT2D eigenvalue weighted by Gasteiger charge is 2.58. The van der Waals surface area contributed by atoms with E-state index in [1.165, 1.54) is 11.8 Å². The molecular formula is C13H15F5O7S3. The highest BCUT2D eigenvalue weighted by molar-refractivity contribution is 8.21. The molecule has 2 fully saturated rings. The third-order valence-corrected chi connectivity index (χ3v) is 8.64. The van der Waals surface area contributed by atoms with Crippen LogP contribution in [-0.4, -0.2) is 64.1 Å². The molecule has 0 amide bonds. The third kappa shape index (κ3) is 5.42. The Morgan fingerprint density at radius 2 is 1.86 bits per heavy atom. The number of halogens is 5. The fourth-order valence-electron chi connectivity index (χ4n) is 2.73. The average Bonchev–Trinajstić information content (AvgIpc) is 3.10. The molecule has 0 aromatic heterocycles. The van der Waals surface area contributed by atoms with Gasteiger partial charge in [-0.1, -0.05) is 0 Å². The molecule has 2 aliphatic rings. The van der Waals surface area contributed by atoms with Gasteiger partial charge in [-0.25, -0.2) is 4.79 Å². The Morgan fingerprint density at radius 3 is 2.43 bits per heavy atom. The molecule has 0 aromatic carbocycles. The van der Waals surface area contributed by atoms with Gasteiger partial charge in [0, 0.05) is 11.0 Å². The topological polar surface area (TPSA) is 107 Å². The largest absolute Gasteiger partial charge is 0.465 e. The van der Waals surface area contributed by atoms with Crippen LogP contribution in [0.3, 0.4) is 0 Å². The van der Waals surface area contributed by atoms with Crippen LogP contribution >= 0.6 is 23.5 Å². The standard InChI is InChI=1S/C13H15F5O7S3/c14-12(15,16)4-9(19)24-5-7-6-26-11(27-7)3-1-2-8(11)25-10(20)13(17,18)28(21,22)23/h7-8H,1-6H2,(H,21,22,23). The molecule has 1 heterocycles. The zero-order valence-corrected chi connectivity index (χ0v) is 16.4. The van der Waals surface area contributed by atoms with Gasteiger partial charge in [0.1, 0.15) is 19.1 Å². The first kappa shape index (κ1) is 23.5. The van der Waals surface area contributed by atoms with Crippen LogP contribution in [0.15, 0.2) is 0 Å². The van der Waals surface area contributed by atoms with Crippen molar-refractivity contribution in [3.63, 3.8) is 0 Å². The van der Waals surface area contributed by atoms with E-state index in [1.54, 1.807) is 0 Å². The van der Waals surface area contributed by atoms with Gasteiger partial charge in [-0.3, -0.25) is 9.35 Å². The minimum absolute atomic E-state index is 0.161. The molecule has 1 saturated carbocycles. The van der Waals surface area contributed by atoms with Gasteiger partial charge in [-0.2, -0.15) is 30.4 Å². The zero-order chi connectivity index (χ0) is 21.4. The van der Waals surface area contributed by atoms with Gasteiger partial charge in [-0.15, -0.1) is 23.5 Å². The summed E-state index contributed by atoms with van der Waals surface area (Å²) < 4.78 is 101. The molecule has 1 spiro atoms. The van der Waals surface area contributed by atoms with Gasteiger partial charge in [-0.05, 0) is 19.3 Å². The maximum absolute atomic E-state index is 13.4. The first-order chi connectivity index (χ1) is 12.7. The minimum Gasteiger partial charge on any atom is -0.464 e. The van der Waals surface area contributed by atoms with Crippen molar-refractivity contribution in [2.75, 3.05) is 12.4 Å². The summed E-state index contributed by atoms with van der Waals surface area (Å²) in [4.78, 5) is 22.7. The van der Waals surface area contributed by atoms with Crippen molar-refractivity contribution < 1.29 is 54.0 Å². The van der Waals surface area contributed by atoms with Crippen LogP contribution in [0.4, 0.5) is 22.0 Å². The highest BCUT2D eigenvalue weighted by Crippen LogP contribution is 2.58.